The van der Waals surface area contributed by atoms with Gasteiger partial charge in [-0.25, -0.2) is 17.9 Å². The number of fused-ring (bicyclic) bond motifs is 1. The molecule has 0 aromatic carbocycles. The second-order valence-corrected chi connectivity index (χ2v) is 8.89. The number of esters is 1. The highest BCUT2D eigenvalue weighted by Gasteiger charge is 2.29. The Kier molecular flexibility index (Phi) is 5.88. The third kappa shape index (κ3) is 4.17. The molecular formula is C19H25NO6S. The number of nitrogens with one attached hydrogen (secondary N) is 1. The molecule has 0 bridgehead atoms. The molecule has 27 heavy (non-hydrogen) atoms. The van der Waals surface area contributed by atoms with Gasteiger partial charge in [-0.15, -0.1) is 0 Å². The first-order valence-electron chi connectivity index (χ1n) is 8.96. The summed E-state index contributed by atoms with van der Waals surface area (Å²) in [6.45, 7) is 2.20. The molecule has 1 aromatic heterocycles. The Hall–Kier alpha value is -1.90. The van der Waals surface area contributed by atoms with Gasteiger partial charge in [0, 0.05) is 18.4 Å². The topological polar surface area (TPSA) is 94.8 Å². The van der Waals surface area contributed by atoms with Crippen molar-refractivity contribution in [2.24, 2.45) is 5.92 Å². The first kappa shape index (κ1) is 19.9. The third-order valence-electron chi connectivity index (χ3n) is 4.91. The van der Waals surface area contributed by atoms with Crippen LogP contribution in [-0.2, 0) is 26.1 Å². The first-order valence-corrected chi connectivity index (χ1v) is 10.5. The summed E-state index contributed by atoms with van der Waals surface area (Å²) in [5, 5.41) is 0.0117. The molecule has 148 valence electrons. The lowest BCUT2D eigenvalue weighted by Gasteiger charge is -2.23. The fraction of sp³-hybridized carbons (Fsp3) is 0.526. The zero-order valence-electron chi connectivity index (χ0n) is 15.7. The van der Waals surface area contributed by atoms with Crippen molar-refractivity contribution in [2.75, 3.05) is 14.2 Å². The molecule has 3 rings (SSSR count). The van der Waals surface area contributed by atoms with Gasteiger partial charge in [0.2, 0.25) is 10.0 Å². The van der Waals surface area contributed by atoms with Crippen LogP contribution in [0.1, 0.15) is 42.3 Å². The normalized spacial score (nSPS) is 24.6. The lowest BCUT2D eigenvalue weighted by atomic mass is 9.98. The monoisotopic (exact) mass is 395 g/mol. The number of furan rings is 1. The van der Waals surface area contributed by atoms with Gasteiger partial charge in [0.1, 0.15) is 23.3 Å². The zero-order chi connectivity index (χ0) is 19.6. The molecule has 8 heteroatoms. The van der Waals surface area contributed by atoms with E-state index in [-0.39, 0.29) is 12.2 Å². The molecule has 2 aliphatic rings. The highest BCUT2D eigenvalue weighted by molar-refractivity contribution is 7.90. The lowest BCUT2D eigenvalue weighted by Crippen LogP contribution is -2.43. The maximum atomic E-state index is 12.7. The average molecular weight is 395 g/mol. The van der Waals surface area contributed by atoms with Gasteiger partial charge in [0.05, 0.1) is 12.4 Å². The van der Waals surface area contributed by atoms with E-state index in [0.717, 1.165) is 6.42 Å². The first-order chi connectivity index (χ1) is 12.9. The number of carbonyl (C=O) groups excluding carboxylic acids is 1. The number of rotatable bonds is 6. The molecule has 3 unspecified atom stereocenters. The third-order valence-corrected chi connectivity index (χ3v) is 6.73. The number of methoxy groups -OCH3 is 2. The molecule has 1 aromatic rings. The number of allylic oxidation sites excluding steroid dienone is 1. The van der Waals surface area contributed by atoms with Crippen molar-refractivity contribution < 1.29 is 27.1 Å². The van der Waals surface area contributed by atoms with Gasteiger partial charge < -0.3 is 13.9 Å². The van der Waals surface area contributed by atoms with Crippen LogP contribution in [0.4, 0.5) is 0 Å². The van der Waals surface area contributed by atoms with Crippen molar-refractivity contribution >= 4 is 28.1 Å². The minimum absolute atomic E-state index is 0.126. The molecule has 0 saturated heterocycles. The number of ether oxygens (including phenoxy) is 2. The van der Waals surface area contributed by atoms with Crippen LogP contribution in [0.3, 0.4) is 0 Å². The molecule has 2 aliphatic carbocycles. The van der Waals surface area contributed by atoms with E-state index in [2.05, 4.69) is 11.6 Å². The van der Waals surface area contributed by atoms with Crippen molar-refractivity contribution in [1.29, 1.82) is 0 Å². The fourth-order valence-corrected chi connectivity index (χ4v) is 4.97. The summed E-state index contributed by atoms with van der Waals surface area (Å²) >= 11 is 0. The van der Waals surface area contributed by atoms with Crippen molar-refractivity contribution in [3.63, 3.8) is 0 Å². The largest absolute Gasteiger partial charge is 0.465 e. The molecule has 0 fully saturated rings. The molecule has 3 atom stereocenters. The predicted molar refractivity (Wildman–Crippen MR) is 101 cm³/mol. The smallest absolute Gasteiger partial charge is 0.342 e. The number of hydrogen-bond donors (Lipinski definition) is 1. The fourth-order valence-electron chi connectivity index (χ4n) is 3.46. The van der Waals surface area contributed by atoms with Crippen LogP contribution in [0.5, 0.6) is 0 Å². The van der Waals surface area contributed by atoms with Crippen LogP contribution in [-0.4, -0.2) is 39.9 Å². The molecule has 0 aliphatic heterocycles. The summed E-state index contributed by atoms with van der Waals surface area (Å²) in [5.41, 5.74) is 0.810. The van der Waals surface area contributed by atoms with Crippen LogP contribution >= 0.6 is 0 Å². The molecule has 0 saturated carbocycles. The van der Waals surface area contributed by atoms with E-state index in [1.54, 1.807) is 18.2 Å². The van der Waals surface area contributed by atoms with Crippen molar-refractivity contribution in [2.45, 2.75) is 44.1 Å². The van der Waals surface area contributed by atoms with E-state index in [9.17, 15) is 13.2 Å². The highest BCUT2D eigenvalue weighted by Crippen LogP contribution is 2.22. The SMILES string of the molecule is COCc1oc2c(c1C(=O)OC)=CC(NS(=O)(=O)C1C=CC(C)CC1)CC=2. The van der Waals surface area contributed by atoms with Gasteiger partial charge in [-0.05, 0) is 31.3 Å². The van der Waals surface area contributed by atoms with E-state index in [4.69, 9.17) is 13.9 Å². The summed E-state index contributed by atoms with van der Waals surface area (Å²) < 4.78 is 43.8. The lowest BCUT2D eigenvalue weighted by molar-refractivity contribution is 0.0591. The Morgan fingerprint density at radius 1 is 1.30 bits per heavy atom. The van der Waals surface area contributed by atoms with Crippen LogP contribution in [0.15, 0.2) is 16.6 Å². The van der Waals surface area contributed by atoms with Gasteiger partial charge in [0.15, 0.2) is 0 Å². The zero-order valence-corrected chi connectivity index (χ0v) is 16.5. The molecule has 7 nitrogen and oxygen atoms in total. The molecule has 0 amide bonds. The highest BCUT2D eigenvalue weighted by atomic mass is 32.2. The van der Waals surface area contributed by atoms with Crippen LogP contribution in [0.25, 0.3) is 12.2 Å². The van der Waals surface area contributed by atoms with Crippen molar-refractivity contribution in [1.82, 2.24) is 4.72 Å². The van der Waals surface area contributed by atoms with Gasteiger partial charge in [-0.2, -0.15) is 0 Å². The minimum Gasteiger partial charge on any atom is -0.465 e. The van der Waals surface area contributed by atoms with Crippen LogP contribution in [0, 0.1) is 5.92 Å². The Morgan fingerprint density at radius 3 is 2.70 bits per heavy atom. The van der Waals surface area contributed by atoms with Crippen LogP contribution in [0.2, 0.25) is 0 Å². The molecule has 0 spiro atoms. The van der Waals surface area contributed by atoms with E-state index in [1.807, 2.05) is 6.08 Å². The Bertz CT molecular complexity index is 959. The quantitative estimate of drug-likeness (QED) is 0.566. The summed E-state index contributed by atoms with van der Waals surface area (Å²) in [5.74, 6) is 0.236. The maximum Gasteiger partial charge on any atom is 0.342 e. The summed E-state index contributed by atoms with van der Waals surface area (Å²) in [6.07, 6.45) is 9.12. The number of hydrogen-bond acceptors (Lipinski definition) is 6. The molecule has 1 N–H and O–H groups in total. The summed E-state index contributed by atoms with van der Waals surface area (Å²) in [4.78, 5) is 12.2. The molecule has 0 radical (unpaired) electrons. The van der Waals surface area contributed by atoms with Gasteiger partial charge in [-0.1, -0.05) is 25.2 Å². The summed E-state index contributed by atoms with van der Waals surface area (Å²) in [6, 6.07) is -0.452. The van der Waals surface area contributed by atoms with Crippen LogP contribution < -0.4 is 15.4 Å². The minimum atomic E-state index is -3.51. The standard InChI is InChI=1S/C19H25NO6S/c1-12-4-7-14(8-5-12)27(22,23)20-13-6-9-16-15(10-13)18(19(21)25-3)17(26-16)11-24-2/h4,7,9-10,12-14,20H,5-6,8,11H2,1-3H3. The summed E-state index contributed by atoms with van der Waals surface area (Å²) in [7, 11) is -0.712. The van der Waals surface area contributed by atoms with E-state index >= 15 is 0 Å². The van der Waals surface area contributed by atoms with E-state index in [0.29, 0.717) is 35.2 Å². The van der Waals surface area contributed by atoms with Gasteiger partial charge in [0.25, 0.3) is 0 Å². The molecular weight excluding hydrogens is 370 g/mol. The van der Waals surface area contributed by atoms with Crippen molar-refractivity contribution in [3.05, 3.63) is 34.1 Å². The van der Waals surface area contributed by atoms with Gasteiger partial charge in [-0.3, -0.25) is 0 Å². The second-order valence-electron chi connectivity index (χ2n) is 6.96. The number of sulfonamides is 1. The Morgan fingerprint density at radius 2 is 2.07 bits per heavy atom. The van der Waals surface area contributed by atoms with E-state index < -0.39 is 27.3 Å². The Labute approximate surface area is 158 Å². The average Bonchev–Trinajstić information content (AvgIpc) is 2.98. The number of carbonyl (C=O) groups is 1. The van der Waals surface area contributed by atoms with Crippen molar-refractivity contribution in [3.8, 4) is 0 Å². The van der Waals surface area contributed by atoms with Gasteiger partial charge >= 0.3 is 5.97 Å². The Balaban J connectivity index is 1.91. The maximum absolute atomic E-state index is 12.7. The molecule has 1 heterocycles. The predicted octanol–water partition coefficient (Wildman–Crippen LogP) is 0.820. The van der Waals surface area contributed by atoms with E-state index in [1.165, 1.54) is 14.2 Å². The second kappa shape index (κ2) is 8.00.